The first kappa shape index (κ1) is 24.0. The first-order valence-electron chi connectivity index (χ1n) is 12.1. The number of hydrogen-bond donors (Lipinski definition) is 0. The summed E-state index contributed by atoms with van der Waals surface area (Å²) in [5, 5.41) is 6.51. The number of esters is 1. The normalized spacial score (nSPS) is 17.9. The number of hydrazone groups is 1. The summed E-state index contributed by atoms with van der Waals surface area (Å²) >= 11 is 0. The highest BCUT2D eigenvalue weighted by Crippen LogP contribution is 2.29. The summed E-state index contributed by atoms with van der Waals surface area (Å²) < 4.78 is 10.4. The first-order chi connectivity index (χ1) is 16.5. The van der Waals surface area contributed by atoms with Gasteiger partial charge in [0, 0.05) is 24.7 Å². The number of ether oxygens (including phenoxy) is 2. The van der Waals surface area contributed by atoms with Gasteiger partial charge in [0.2, 0.25) is 0 Å². The van der Waals surface area contributed by atoms with Gasteiger partial charge in [0.25, 0.3) is 5.91 Å². The number of hydrogen-bond acceptors (Lipinski definition) is 6. The van der Waals surface area contributed by atoms with E-state index in [9.17, 15) is 9.59 Å². The van der Waals surface area contributed by atoms with Crippen LogP contribution in [0, 0.1) is 5.92 Å². The zero-order chi connectivity index (χ0) is 23.9. The standard InChI is InChI=1S/C27H33N3O4/c1-3-34-26(31)17-21-4-7-23-18-24(9-8-22(23)16-21)27(32)29(2)25-10-5-20(6-11-25)19-28-30-12-14-33-15-13-30/h5-6,8-11,18-19,21H,3-4,7,12-17H2,1-2H3. The molecule has 34 heavy (non-hydrogen) atoms. The van der Waals surface area contributed by atoms with Crippen molar-refractivity contribution in [2.24, 2.45) is 11.0 Å². The zero-order valence-corrected chi connectivity index (χ0v) is 20.0. The number of morpholine rings is 1. The fraction of sp³-hybridized carbons (Fsp3) is 0.444. The van der Waals surface area contributed by atoms with E-state index >= 15 is 0 Å². The lowest BCUT2D eigenvalue weighted by molar-refractivity contribution is -0.144. The molecule has 0 saturated carbocycles. The Kier molecular flexibility index (Phi) is 7.95. The monoisotopic (exact) mass is 463 g/mol. The Labute approximate surface area is 201 Å². The molecule has 1 unspecified atom stereocenters. The molecule has 1 saturated heterocycles. The molecule has 1 aliphatic heterocycles. The molecule has 0 spiro atoms. The molecule has 1 fully saturated rings. The lowest BCUT2D eigenvalue weighted by atomic mass is 9.81. The molecular formula is C27H33N3O4. The number of aryl methyl sites for hydroxylation is 1. The van der Waals surface area contributed by atoms with Gasteiger partial charge in [-0.1, -0.05) is 18.2 Å². The highest BCUT2D eigenvalue weighted by molar-refractivity contribution is 6.06. The van der Waals surface area contributed by atoms with Crippen LogP contribution in [0.1, 0.15) is 46.8 Å². The van der Waals surface area contributed by atoms with Crippen LogP contribution in [0.4, 0.5) is 5.69 Å². The predicted molar refractivity (Wildman–Crippen MR) is 132 cm³/mol. The van der Waals surface area contributed by atoms with Crippen LogP contribution in [0.25, 0.3) is 0 Å². The highest BCUT2D eigenvalue weighted by Gasteiger charge is 2.23. The molecular weight excluding hydrogens is 430 g/mol. The molecule has 4 rings (SSSR count). The van der Waals surface area contributed by atoms with Crippen molar-refractivity contribution in [3.63, 3.8) is 0 Å². The van der Waals surface area contributed by atoms with Gasteiger partial charge in [-0.2, -0.15) is 5.10 Å². The van der Waals surface area contributed by atoms with E-state index in [1.54, 1.807) is 11.9 Å². The molecule has 0 radical (unpaired) electrons. The van der Waals surface area contributed by atoms with Gasteiger partial charge in [-0.05, 0) is 73.1 Å². The minimum atomic E-state index is -0.122. The molecule has 1 atom stereocenters. The van der Waals surface area contributed by atoms with Crippen molar-refractivity contribution in [1.29, 1.82) is 0 Å². The summed E-state index contributed by atoms with van der Waals surface area (Å²) in [6.45, 7) is 5.28. The number of carbonyl (C=O) groups is 2. The van der Waals surface area contributed by atoms with Crippen LogP contribution in [0.5, 0.6) is 0 Å². The number of amides is 1. The summed E-state index contributed by atoms with van der Waals surface area (Å²) in [6, 6.07) is 13.8. The molecule has 2 aromatic rings. The van der Waals surface area contributed by atoms with Gasteiger partial charge in [-0.15, -0.1) is 0 Å². The van der Waals surface area contributed by atoms with Crippen molar-refractivity contribution in [3.8, 4) is 0 Å². The van der Waals surface area contributed by atoms with E-state index < -0.39 is 0 Å². The second kappa shape index (κ2) is 11.3. The fourth-order valence-electron chi connectivity index (χ4n) is 4.51. The Hall–Kier alpha value is -3.19. The highest BCUT2D eigenvalue weighted by atomic mass is 16.5. The molecule has 0 N–H and O–H groups in total. The summed E-state index contributed by atoms with van der Waals surface area (Å²) in [7, 11) is 1.80. The van der Waals surface area contributed by atoms with Crippen molar-refractivity contribution in [1.82, 2.24) is 5.01 Å². The predicted octanol–water partition coefficient (Wildman–Crippen LogP) is 3.69. The number of rotatable bonds is 7. The average molecular weight is 464 g/mol. The lowest BCUT2D eigenvalue weighted by Gasteiger charge is -2.25. The second-order valence-corrected chi connectivity index (χ2v) is 8.87. The van der Waals surface area contributed by atoms with Crippen LogP contribution in [0.15, 0.2) is 47.6 Å². The van der Waals surface area contributed by atoms with Gasteiger partial charge in [0.15, 0.2) is 0 Å². The van der Waals surface area contributed by atoms with E-state index in [4.69, 9.17) is 9.47 Å². The Morgan fingerprint density at radius 1 is 1.15 bits per heavy atom. The Balaban J connectivity index is 1.37. The van der Waals surface area contributed by atoms with E-state index in [1.165, 1.54) is 11.1 Å². The topological polar surface area (TPSA) is 71.4 Å². The third-order valence-corrected chi connectivity index (χ3v) is 6.49. The quantitative estimate of drug-likeness (QED) is 0.463. The molecule has 1 heterocycles. The van der Waals surface area contributed by atoms with Crippen LogP contribution in [-0.2, 0) is 27.1 Å². The number of benzene rings is 2. The van der Waals surface area contributed by atoms with Gasteiger partial charge in [0.1, 0.15) is 0 Å². The van der Waals surface area contributed by atoms with E-state index in [-0.39, 0.29) is 11.9 Å². The Morgan fingerprint density at radius 3 is 2.65 bits per heavy atom. The SMILES string of the molecule is CCOC(=O)CC1CCc2cc(C(=O)N(C)c3ccc(C=NN4CCOCC4)cc3)ccc2C1. The fourth-order valence-corrected chi connectivity index (χ4v) is 4.51. The maximum atomic E-state index is 13.1. The first-order valence-corrected chi connectivity index (χ1v) is 12.1. The van der Waals surface area contributed by atoms with E-state index in [2.05, 4.69) is 5.10 Å². The Bertz CT molecular complexity index is 1030. The molecule has 0 aromatic heterocycles. The van der Waals surface area contributed by atoms with Crippen molar-refractivity contribution < 1.29 is 19.1 Å². The molecule has 180 valence electrons. The van der Waals surface area contributed by atoms with Gasteiger partial charge < -0.3 is 14.4 Å². The van der Waals surface area contributed by atoms with Crippen molar-refractivity contribution in [2.75, 3.05) is 44.9 Å². The number of anilines is 1. The van der Waals surface area contributed by atoms with Gasteiger partial charge in [-0.25, -0.2) is 0 Å². The van der Waals surface area contributed by atoms with Crippen molar-refractivity contribution >= 4 is 23.8 Å². The van der Waals surface area contributed by atoms with Crippen LogP contribution in [0.3, 0.4) is 0 Å². The summed E-state index contributed by atoms with van der Waals surface area (Å²) in [5.74, 6) is 0.148. The third kappa shape index (κ3) is 6.03. The van der Waals surface area contributed by atoms with Crippen LogP contribution >= 0.6 is 0 Å². The number of fused-ring (bicyclic) bond motifs is 1. The third-order valence-electron chi connectivity index (χ3n) is 6.49. The maximum absolute atomic E-state index is 13.1. The smallest absolute Gasteiger partial charge is 0.306 e. The summed E-state index contributed by atoms with van der Waals surface area (Å²) in [5.41, 5.74) is 4.93. The number of carbonyl (C=O) groups excluding carboxylic acids is 2. The molecule has 7 heteroatoms. The van der Waals surface area contributed by atoms with Crippen LogP contribution < -0.4 is 4.90 Å². The molecule has 2 aliphatic rings. The van der Waals surface area contributed by atoms with Crippen LogP contribution in [0.2, 0.25) is 0 Å². The largest absolute Gasteiger partial charge is 0.466 e. The maximum Gasteiger partial charge on any atom is 0.306 e. The molecule has 1 aliphatic carbocycles. The second-order valence-electron chi connectivity index (χ2n) is 8.87. The summed E-state index contributed by atoms with van der Waals surface area (Å²) in [6.07, 6.45) is 4.97. The average Bonchev–Trinajstić information content (AvgIpc) is 2.87. The summed E-state index contributed by atoms with van der Waals surface area (Å²) in [4.78, 5) is 26.6. The lowest BCUT2D eigenvalue weighted by Crippen LogP contribution is -2.32. The van der Waals surface area contributed by atoms with E-state index in [0.29, 0.717) is 37.7 Å². The number of nitrogens with zero attached hydrogens (tertiary/aromatic N) is 3. The van der Waals surface area contributed by atoms with Gasteiger partial charge in [0.05, 0.1) is 39.1 Å². The van der Waals surface area contributed by atoms with Crippen LogP contribution in [-0.4, -0.2) is 63.1 Å². The zero-order valence-electron chi connectivity index (χ0n) is 20.0. The Morgan fingerprint density at radius 2 is 1.91 bits per heavy atom. The van der Waals surface area contributed by atoms with E-state index in [0.717, 1.165) is 43.6 Å². The molecule has 7 nitrogen and oxygen atoms in total. The van der Waals surface area contributed by atoms with Crippen molar-refractivity contribution in [3.05, 3.63) is 64.7 Å². The molecule has 1 amide bonds. The minimum absolute atomic E-state index is 0.0359. The minimum Gasteiger partial charge on any atom is -0.466 e. The van der Waals surface area contributed by atoms with Gasteiger partial charge >= 0.3 is 5.97 Å². The van der Waals surface area contributed by atoms with Gasteiger partial charge in [-0.3, -0.25) is 14.6 Å². The van der Waals surface area contributed by atoms with Crippen molar-refractivity contribution in [2.45, 2.75) is 32.6 Å². The van der Waals surface area contributed by atoms with E-state index in [1.807, 2.05) is 60.6 Å². The molecule has 0 bridgehead atoms. The molecule has 2 aromatic carbocycles.